The minimum atomic E-state index is -0.892. The lowest BCUT2D eigenvalue weighted by molar-refractivity contribution is -0.230. The van der Waals surface area contributed by atoms with E-state index in [9.17, 15) is 4.79 Å². The van der Waals surface area contributed by atoms with Gasteiger partial charge in [-0.1, -0.05) is 20.3 Å². The summed E-state index contributed by atoms with van der Waals surface area (Å²) >= 11 is 0. The van der Waals surface area contributed by atoms with Crippen LogP contribution in [0.4, 0.5) is 0 Å². The van der Waals surface area contributed by atoms with Crippen molar-refractivity contribution in [2.75, 3.05) is 19.8 Å². The van der Waals surface area contributed by atoms with Crippen LogP contribution in [0.5, 0.6) is 0 Å². The molecule has 21 heavy (non-hydrogen) atoms. The molecule has 122 valence electrons. The average molecular weight is 300 g/mol. The van der Waals surface area contributed by atoms with Crippen molar-refractivity contribution in [2.45, 2.75) is 71.4 Å². The van der Waals surface area contributed by atoms with Crippen molar-refractivity contribution < 1.29 is 23.7 Å². The number of unbranched alkanes of at least 4 members (excludes halogenated alkanes) is 1. The van der Waals surface area contributed by atoms with Gasteiger partial charge in [-0.05, 0) is 26.7 Å². The van der Waals surface area contributed by atoms with Crippen molar-refractivity contribution in [3.63, 3.8) is 0 Å². The first kappa shape index (κ1) is 16.7. The molecule has 2 saturated heterocycles. The molecule has 0 amide bonds. The predicted octanol–water partition coefficient (Wildman–Crippen LogP) is 2.67. The quantitative estimate of drug-likeness (QED) is 0.534. The summed E-state index contributed by atoms with van der Waals surface area (Å²) in [7, 11) is 0. The van der Waals surface area contributed by atoms with Crippen LogP contribution in [0.15, 0.2) is 0 Å². The van der Waals surface area contributed by atoms with Crippen LogP contribution >= 0.6 is 0 Å². The van der Waals surface area contributed by atoms with Gasteiger partial charge in [-0.3, -0.25) is 4.79 Å². The minimum absolute atomic E-state index is 0.00563. The van der Waals surface area contributed by atoms with Gasteiger partial charge in [0.1, 0.15) is 11.5 Å². The second kappa shape index (κ2) is 6.63. The predicted molar refractivity (Wildman–Crippen MR) is 77.9 cm³/mol. The second-order valence-corrected chi connectivity index (χ2v) is 6.28. The number of ether oxygens (including phenoxy) is 4. The van der Waals surface area contributed by atoms with Crippen molar-refractivity contribution >= 4 is 5.97 Å². The summed E-state index contributed by atoms with van der Waals surface area (Å²) in [4.78, 5) is 12.5. The number of hydrogen-bond donors (Lipinski definition) is 0. The third-order valence-electron chi connectivity index (χ3n) is 4.68. The zero-order chi connectivity index (χ0) is 15.5. The Morgan fingerprint density at radius 2 is 2.14 bits per heavy atom. The summed E-state index contributed by atoms with van der Waals surface area (Å²) in [5.41, 5.74) is -0.726. The first-order valence-corrected chi connectivity index (χ1v) is 8.08. The highest BCUT2D eigenvalue weighted by Crippen LogP contribution is 2.50. The molecule has 0 aliphatic carbocycles. The molecular weight excluding hydrogens is 272 g/mol. The van der Waals surface area contributed by atoms with Gasteiger partial charge in [0.15, 0.2) is 5.79 Å². The van der Waals surface area contributed by atoms with Gasteiger partial charge in [-0.25, -0.2) is 0 Å². The van der Waals surface area contributed by atoms with Gasteiger partial charge >= 0.3 is 5.97 Å². The molecule has 0 aromatic heterocycles. The number of cyclic esters (lactones) is 1. The second-order valence-electron chi connectivity index (χ2n) is 6.28. The lowest BCUT2D eigenvalue weighted by Gasteiger charge is -2.38. The van der Waals surface area contributed by atoms with E-state index in [0.717, 1.165) is 12.8 Å². The first-order chi connectivity index (χ1) is 9.97. The van der Waals surface area contributed by atoms with Crippen LogP contribution in [0.1, 0.15) is 53.4 Å². The normalized spacial score (nSPS) is 39.7. The standard InChI is InChI=1S/C16H28O5/c1-5-7-8-18-11-13-9-16(6-2,14(17)20-13)15(4)19-10-12(3)21-15/h12-13H,5-11H2,1-4H3. The Labute approximate surface area is 127 Å². The maximum absolute atomic E-state index is 12.5. The highest BCUT2D eigenvalue weighted by molar-refractivity contribution is 5.80. The molecule has 0 aromatic carbocycles. The summed E-state index contributed by atoms with van der Waals surface area (Å²) in [5.74, 6) is -1.11. The van der Waals surface area contributed by atoms with Crippen molar-refractivity contribution in [3.05, 3.63) is 0 Å². The van der Waals surface area contributed by atoms with Gasteiger partial charge in [-0.15, -0.1) is 0 Å². The first-order valence-electron chi connectivity index (χ1n) is 8.08. The van der Waals surface area contributed by atoms with Gasteiger partial charge in [-0.2, -0.15) is 0 Å². The lowest BCUT2D eigenvalue weighted by atomic mass is 9.75. The van der Waals surface area contributed by atoms with Crippen molar-refractivity contribution in [3.8, 4) is 0 Å². The Hall–Kier alpha value is -0.650. The molecule has 0 saturated carbocycles. The fourth-order valence-corrected chi connectivity index (χ4v) is 3.29. The highest BCUT2D eigenvalue weighted by Gasteiger charge is 2.63. The summed E-state index contributed by atoms with van der Waals surface area (Å²) in [6.45, 7) is 9.62. The van der Waals surface area contributed by atoms with E-state index in [1.54, 1.807) is 0 Å². The number of rotatable bonds is 7. The van der Waals surface area contributed by atoms with E-state index in [4.69, 9.17) is 18.9 Å². The Kier molecular flexibility index (Phi) is 5.28. The van der Waals surface area contributed by atoms with Gasteiger partial charge in [0.2, 0.25) is 0 Å². The largest absolute Gasteiger partial charge is 0.459 e. The van der Waals surface area contributed by atoms with Crippen LogP contribution in [-0.4, -0.2) is 43.8 Å². The average Bonchev–Trinajstić information content (AvgIpc) is 2.97. The van der Waals surface area contributed by atoms with Gasteiger partial charge < -0.3 is 18.9 Å². The highest BCUT2D eigenvalue weighted by atomic mass is 16.7. The number of carbonyl (C=O) groups excluding carboxylic acids is 1. The molecule has 2 aliphatic heterocycles. The summed E-state index contributed by atoms with van der Waals surface area (Å²) in [6.07, 6.45) is 3.17. The fraction of sp³-hybridized carbons (Fsp3) is 0.938. The molecule has 4 atom stereocenters. The van der Waals surface area contributed by atoms with Crippen LogP contribution in [0.3, 0.4) is 0 Å². The summed E-state index contributed by atoms with van der Waals surface area (Å²) < 4.78 is 22.9. The Morgan fingerprint density at radius 3 is 2.71 bits per heavy atom. The maximum atomic E-state index is 12.5. The molecule has 0 aromatic rings. The van der Waals surface area contributed by atoms with E-state index < -0.39 is 11.2 Å². The summed E-state index contributed by atoms with van der Waals surface area (Å²) in [5, 5.41) is 0. The molecule has 2 fully saturated rings. The number of hydrogen-bond acceptors (Lipinski definition) is 5. The van der Waals surface area contributed by atoms with E-state index in [-0.39, 0.29) is 18.2 Å². The monoisotopic (exact) mass is 300 g/mol. The zero-order valence-electron chi connectivity index (χ0n) is 13.6. The fourth-order valence-electron chi connectivity index (χ4n) is 3.29. The molecule has 0 N–H and O–H groups in total. The van der Waals surface area contributed by atoms with Gasteiger partial charge in [0.25, 0.3) is 0 Å². The van der Waals surface area contributed by atoms with Crippen LogP contribution in [0.2, 0.25) is 0 Å². The van der Waals surface area contributed by atoms with Crippen LogP contribution in [-0.2, 0) is 23.7 Å². The van der Waals surface area contributed by atoms with Crippen LogP contribution in [0.25, 0.3) is 0 Å². The molecule has 5 heteroatoms. The van der Waals surface area contributed by atoms with Crippen LogP contribution < -0.4 is 0 Å². The van der Waals surface area contributed by atoms with E-state index >= 15 is 0 Å². The third kappa shape index (κ3) is 3.10. The smallest absolute Gasteiger partial charge is 0.318 e. The van der Waals surface area contributed by atoms with E-state index in [0.29, 0.717) is 32.7 Å². The van der Waals surface area contributed by atoms with Crippen molar-refractivity contribution in [1.82, 2.24) is 0 Å². The van der Waals surface area contributed by atoms with Crippen molar-refractivity contribution in [2.24, 2.45) is 5.41 Å². The number of esters is 1. The molecule has 0 radical (unpaired) electrons. The van der Waals surface area contributed by atoms with E-state index in [2.05, 4.69) is 6.92 Å². The number of carbonyl (C=O) groups is 1. The molecule has 2 rings (SSSR count). The Morgan fingerprint density at radius 1 is 1.38 bits per heavy atom. The molecule has 2 heterocycles. The Balaban J connectivity index is 2.01. The zero-order valence-corrected chi connectivity index (χ0v) is 13.6. The third-order valence-corrected chi connectivity index (χ3v) is 4.68. The molecule has 4 unspecified atom stereocenters. The van der Waals surface area contributed by atoms with Gasteiger partial charge in [0.05, 0.1) is 19.3 Å². The molecule has 0 spiro atoms. The maximum Gasteiger partial charge on any atom is 0.318 e. The lowest BCUT2D eigenvalue weighted by Crippen LogP contribution is -2.50. The van der Waals surface area contributed by atoms with E-state index in [1.165, 1.54) is 0 Å². The molecule has 5 nitrogen and oxygen atoms in total. The topological polar surface area (TPSA) is 54.0 Å². The summed E-state index contributed by atoms with van der Waals surface area (Å²) in [6, 6.07) is 0. The molecule has 2 aliphatic rings. The Bertz CT molecular complexity index is 372. The van der Waals surface area contributed by atoms with Gasteiger partial charge in [0, 0.05) is 13.0 Å². The van der Waals surface area contributed by atoms with Crippen LogP contribution in [0, 0.1) is 5.41 Å². The molecule has 0 bridgehead atoms. The molecular formula is C16H28O5. The van der Waals surface area contributed by atoms with E-state index in [1.807, 2.05) is 20.8 Å². The SMILES string of the molecule is CCCCOCC1CC(CC)(C2(C)OCC(C)O2)C(=O)O1. The van der Waals surface area contributed by atoms with Crippen molar-refractivity contribution in [1.29, 1.82) is 0 Å². The minimum Gasteiger partial charge on any atom is -0.459 e.